The zero-order valence-corrected chi connectivity index (χ0v) is 16.0. The van der Waals surface area contributed by atoms with Gasteiger partial charge in [0.1, 0.15) is 0 Å². The van der Waals surface area contributed by atoms with Crippen molar-refractivity contribution in [2.75, 3.05) is 6.61 Å². The van der Waals surface area contributed by atoms with Gasteiger partial charge < -0.3 is 13.8 Å². The van der Waals surface area contributed by atoms with E-state index in [1.807, 2.05) is 42.7 Å². The number of nitrogens with zero attached hydrogens (tertiary/aromatic N) is 2. The molecule has 0 aliphatic carbocycles. The summed E-state index contributed by atoms with van der Waals surface area (Å²) < 4.78 is 11.9. The van der Waals surface area contributed by atoms with Crippen LogP contribution < -0.4 is 0 Å². The fraction of sp³-hybridized carbons (Fsp3) is 0.250. The van der Waals surface area contributed by atoms with Crippen LogP contribution in [0.2, 0.25) is 5.02 Å². The fourth-order valence-corrected chi connectivity index (χ4v) is 3.06. The Hall–Kier alpha value is -2.86. The molecule has 0 saturated heterocycles. The molecule has 2 heterocycles. The predicted molar refractivity (Wildman–Crippen MR) is 100 cm³/mol. The van der Waals surface area contributed by atoms with Gasteiger partial charge in [-0.3, -0.25) is 4.79 Å². The van der Waals surface area contributed by atoms with Crippen LogP contribution in [0.25, 0.3) is 0 Å². The molecule has 0 amide bonds. The monoisotopic (exact) mass is 386 g/mol. The van der Waals surface area contributed by atoms with Crippen LogP contribution in [0.1, 0.15) is 43.6 Å². The Labute approximate surface area is 161 Å². The summed E-state index contributed by atoms with van der Waals surface area (Å²) in [6.07, 6.45) is 0. The largest absolute Gasteiger partial charge is 0.451 e. The molecule has 0 saturated carbocycles. The van der Waals surface area contributed by atoms with E-state index < -0.39 is 5.97 Å². The third-order valence-electron chi connectivity index (χ3n) is 4.32. The molecule has 0 N–H and O–H groups in total. The second-order valence-electron chi connectivity index (χ2n) is 6.29. The van der Waals surface area contributed by atoms with Crippen molar-refractivity contribution in [3.05, 3.63) is 75.4 Å². The highest BCUT2D eigenvalue weighted by Gasteiger charge is 2.20. The van der Waals surface area contributed by atoms with E-state index >= 15 is 0 Å². The van der Waals surface area contributed by atoms with E-state index in [1.165, 1.54) is 6.07 Å². The molecule has 3 rings (SSSR count). The Bertz CT molecular complexity index is 1000. The first-order chi connectivity index (χ1) is 12.9. The molecule has 0 bridgehead atoms. The van der Waals surface area contributed by atoms with Gasteiger partial charge in [0, 0.05) is 34.6 Å². The van der Waals surface area contributed by atoms with Gasteiger partial charge in [-0.25, -0.2) is 4.79 Å². The summed E-state index contributed by atoms with van der Waals surface area (Å²) in [7, 11) is 0. The van der Waals surface area contributed by atoms with E-state index in [4.69, 9.17) is 20.9 Å². The van der Waals surface area contributed by atoms with Crippen LogP contribution in [-0.2, 0) is 11.3 Å². The maximum Gasteiger partial charge on any atom is 0.377 e. The topological polar surface area (TPSA) is 74.3 Å². The van der Waals surface area contributed by atoms with Crippen molar-refractivity contribution >= 4 is 23.4 Å². The molecule has 0 radical (unpaired) electrons. The minimum Gasteiger partial charge on any atom is -0.451 e. The smallest absolute Gasteiger partial charge is 0.377 e. The van der Waals surface area contributed by atoms with Crippen molar-refractivity contribution in [2.24, 2.45) is 0 Å². The standard InChI is InChI=1S/C20H19ClN2O4/c1-12-8-19(27-22-12)20(25)26-11-18(24)16-9-13(2)23(14(16)3)10-15-6-4-5-7-17(15)21/h4-9H,10-11H2,1-3H3. The van der Waals surface area contributed by atoms with Crippen molar-refractivity contribution < 1.29 is 18.8 Å². The molecule has 0 aliphatic heterocycles. The van der Waals surface area contributed by atoms with E-state index in [-0.39, 0.29) is 18.2 Å². The van der Waals surface area contributed by atoms with Crippen LogP contribution in [0.4, 0.5) is 0 Å². The van der Waals surface area contributed by atoms with Gasteiger partial charge in [-0.05, 0) is 38.5 Å². The average Bonchev–Trinajstić information content (AvgIpc) is 3.19. The number of rotatable bonds is 6. The van der Waals surface area contributed by atoms with Gasteiger partial charge in [0.15, 0.2) is 6.61 Å². The molecular weight excluding hydrogens is 368 g/mol. The maximum absolute atomic E-state index is 12.5. The number of ketones is 1. The number of carbonyl (C=O) groups excluding carboxylic acids is 2. The van der Waals surface area contributed by atoms with Gasteiger partial charge in [0.05, 0.1) is 5.69 Å². The minimum atomic E-state index is -0.714. The highest BCUT2D eigenvalue weighted by molar-refractivity contribution is 6.31. The lowest BCUT2D eigenvalue weighted by atomic mass is 10.1. The van der Waals surface area contributed by atoms with Gasteiger partial charge in [-0.15, -0.1) is 0 Å². The normalized spacial score (nSPS) is 10.8. The molecule has 7 heteroatoms. The van der Waals surface area contributed by atoms with Gasteiger partial charge in [0.25, 0.3) is 0 Å². The van der Waals surface area contributed by atoms with Crippen LogP contribution in [-0.4, -0.2) is 28.1 Å². The number of hydrogen-bond acceptors (Lipinski definition) is 5. The summed E-state index contributed by atoms with van der Waals surface area (Å²) in [4.78, 5) is 24.4. The van der Waals surface area contributed by atoms with Crippen LogP contribution in [0.5, 0.6) is 0 Å². The molecule has 0 atom stereocenters. The minimum absolute atomic E-state index is 0.0236. The van der Waals surface area contributed by atoms with Crippen LogP contribution in [0, 0.1) is 20.8 Å². The number of hydrogen-bond donors (Lipinski definition) is 0. The lowest BCUT2D eigenvalue weighted by Gasteiger charge is -2.11. The Kier molecular flexibility index (Phi) is 5.46. The lowest BCUT2D eigenvalue weighted by molar-refractivity contribution is 0.0435. The van der Waals surface area contributed by atoms with Crippen LogP contribution in [0.3, 0.4) is 0 Å². The molecule has 0 fully saturated rings. The first-order valence-corrected chi connectivity index (χ1v) is 8.78. The Morgan fingerprint density at radius 1 is 1.19 bits per heavy atom. The van der Waals surface area contributed by atoms with E-state index in [9.17, 15) is 9.59 Å². The van der Waals surface area contributed by atoms with Crippen molar-refractivity contribution in [1.82, 2.24) is 9.72 Å². The molecule has 0 unspecified atom stereocenters. The molecule has 2 aromatic heterocycles. The van der Waals surface area contributed by atoms with Crippen molar-refractivity contribution in [3.63, 3.8) is 0 Å². The van der Waals surface area contributed by atoms with Gasteiger partial charge in [-0.2, -0.15) is 0 Å². The number of carbonyl (C=O) groups is 2. The zero-order valence-electron chi connectivity index (χ0n) is 15.3. The van der Waals surface area contributed by atoms with E-state index in [0.29, 0.717) is 22.8 Å². The third kappa shape index (κ3) is 4.11. The number of aromatic nitrogens is 2. The molecule has 0 aliphatic rings. The molecular formula is C20H19ClN2O4. The number of esters is 1. The van der Waals surface area contributed by atoms with Gasteiger partial charge in [-0.1, -0.05) is 35.0 Å². The molecule has 6 nitrogen and oxygen atoms in total. The third-order valence-corrected chi connectivity index (χ3v) is 4.69. The predicted octanol–water partition coefficient (Wildman–Crippen LogP) is 4.14. The highest BCUT2D eigenvalue weighted by Crippen LogP contribution is 2.21. The van der Waals surface area contributed by atoms with Gasteiger partial charge in [0.2, 0.25) is 11.5 Å². The van der Waals surface area contributed by atoms with Gasteiger partial charge >= 0.3 is 5.97 Å². The summed E-state index contributed by atoms with van der Waals surface area (Å²) in [5, 5.41) is 4.30. The van der Waals surface area contributed by atoms with E-state index in [1.54, 1.807) is 13.0 Å². The molecule has 1 aromatic carbocycles. The van der Waals surface area contributed by atoms with E-state index in [0.717, 1.165) is 17.0 Å². The van der Waals surface area contributed by atoms with Crippen molar-refractivity contribution in [1.29, 1.82) is 0 Å². The molecule has 140 valence electrons. The molecule has 3 aromatic rings. The molecule has 0 spiro atoms. The average molecular weight is 387 g/mol. The van der Waals surface area contributed by atoms with E-state index in [2.05, 4.69) is 5.16 Å². The number of aryl methyl sites for hydroxylation is 2. The second kappa shape index (κ2) is 7.80. The summed E-state index contributed by atoms with van der Waals surface area (Å²) in [5.41, 5.74) is 3.77. The fourth-order valence-electron chi connectivity index (χ4n) is 2.86. The highest BCUT2D eigenvalue weighted by atomic mass is 35.5. The Morgan fingerprint density at radius 3 is 2.59 bits per heavy atom. The lowest BCUT2D eigenvalue weighted by Crippen LogP contribution is -2.15. The van der Waals surface area contributed by atoms with Crippen molar-refractivity contribution in [3.8, 4) is 0 Å². The Morgan fingerprint density at radius 2 is 1.93 bits per heavy atom. The summed E-state index contributed by atoms with van der Waals surface area (Å²) in [6, 6.07) is 10.8. The van der Waals surface area contributed by atoms with Crippen LogP contribution in [0.15, 0.2) is 40.9 Å². The molecule has 27 heavy (non-hydrogen) atoms. The Balaban J connectivity index is 1.72. The maximum atomic E-state index is 12.5. The summed E-state index contributed by atoms with van der Waals surface area (Å²) in [5.74, 6) is -1.02. The SMILES string of the molecule is Cc1cc(C(=O)OCC(=O)c2cc(C)n(Cc3ccccc3Cl)c2C)on1. The number of benzene rings is 1. The van der Waals surface area contributed by atoms with Crippen LogP contribution >= 0.6 is 11.6 Å². The summed E-state index contributed by atoms with van der Waals surface area (Å²) in [6.45, 7) is 5.67. The second-order valence-corrected chi connectivity index (χ2v) is 6.70. The quantitative estimate of drug-likeness (QED) is 0.470. The number of ether oxygens (including phenoxy) is 1. The first-order valence-electron chi connectivity index (χ1n) is 8.40. The summed E-state index contributed by atoms with van der Waals surface area (Å²) >= 11 is 6.24. The first kappa shape index (κ1) is 18.9. The zero-order chi connectivity index (χ0) is 19.6. The number of halogens is 1. The van der Waals surface area contributed by atoms with Crippen molar-refractivity contribution in [2.45, 2.75) is 27.3 Å². The number of Topliss-reactive ketones (excluding diaryl/α,β-unsaturated/α-hetero) is 1.